The highest BCUT2D eigenvalue weighted by Gasteiger charge is 2.45. The number of nitrogens with zero attached hydrogens (tertiary/aromatic N) is 2. The molecule has 4 rings (SSSR count). The van der Waals surface area contributed by atoms with Crippen LogP contribution in [-0.4, -0.2) is 34.5 Å². The molecule has 1 aliphatic heterocycles. The van der Waals surface area contributed by atoms with E-state index in [4.69, 9.17) is 10.5 Å². The van der Waals surface area contributed by atoms with Gasteiger partial charge in [0, 0.05) is 13.1 Å². The van der Waals surface area contributed by atoms with E-state index in [0.717, 1.165) is 5.56 Å². The van der Waals surface area contributed by atoms with E-state index in [1.54, 1.807) is 0 Å². The molecule has 1 aliphatic rings. The molecule has 0 saturated carbocycles. The number of rotatable bonds is 7. The number of hydrogen-bond acceptors (Lipinski definition) is 5. The van der Waals surface area contributed by atoms with E-state index in [1.165, 1.54) is 17.8 Å². The molecule has 1 fully saturated rings. The summed E-state index contributed by atoms with van der Waals surface area (Å²) >= 11 is 0. The number of aromatic amines is 1. The summed E-state index contributed by atoms with van der Waals surface area (Å²) in [5, 5.41) is 9.56. The first-order valence-electron chi connectivity index (χ1n) is 11.8. The summed E-state index contributed by atoms with van der Waals surface area (Å²) in [4.78, 5) is 12.3. The normalized spacial score (nSPS) is 23.4. The number of aromatic nitrogens is 3. The van der Waals surface area contributed by atoms with Gasteiger partial charge in [0.25, 0.3) is 0 Å². The quantitative estimate of drug-likeness (QED) is 0.386. The van der Waals surface area contributed by atoms with Gasteiger partial charge in [0.05, 0.1) is 34.9 Å². The molecule has 1 saturated heterocycles. The molecule has 2 aromatic carbocycles. The van der Waals surface area contributed by atoms with Crippen molar-refractivity contribution in [3.8, 4) is 0 Å². The summed E-state index contributed by atoms with van der Waals surface area (Å²) in [7, 11) is 0. The highest BCUT2D eigenvalue weighted by Crippen LogP contribution is 2.40. The van der Waals surface area contributed by atoms with Gasteiger partial charge in [-0.1, -0.05) is 30.3 Å². The Morgan fingerprint density at radius 1 is 1.05 bits per heavy atom. The Kier molecular flexibility index (Phi) is 7.47. The first-order chi connectivity index (χ1) is 17.8. The van der Waals surface area contributed by atoms with Crippen molar-refractivity contribution in [2.45, 2.75) is 49.3 Å². The van der Waals surface area contributed by atoms with Crippen molar-refractivity contribution in [1.82, 2.24) is 20.1 Å². The lowest BCUT2D eigenvalue weighted by atomic mass is 9.76. The minimum absolute atomic E-state index is 0.0588. The van der Waals surface area contributed by atoms with Crippen LogP contribution in [0, 0.1) is 0 Å². The van der Waals surface area contributed by atoms with E-state index in [0.29, 0.717) is 25.0 Å². The summed E-state index contributed by atoms with van der Waals surface area (Å²) in [6, 6.07) is 10.6. The van der Waals surface area contributed by atoms with Gasteiger partial charge in [0.15, 0.2) is 0 Å². The standard InChI is InChI=1S/C25H27F6N5O2/c1-16(17-9-19(24(26,27)28)11-20(10-17)25(29,30)31)38-14-23(18-5-3-2-4-6-18)8-7-22(12-32,13-33-23)36-15-34-35-21(36)37/h2-6,9-11,15-16,33H,7-8,12-14,32H2,1H3,(H,35,37)/t16?,22-,23-/m1/s1. The molecule has 0 bridgehead atoms. The average molecular weight is 544 g/mol. The Morgan fingerprint density at radius 2 is 1.68 bits per heavy atom. The van der Waals surface area contributed by atoms with Crippen LogP contribution in [0.1, 0.15) is 48.1 Å². The average Bonchev–Trinajstić information content (AvgIpc) is 3.33. The first-order valence-corrected chi connectivity index (χ1v) is 11.8. The maximum absolute atomic E-state index is 13.4. The SMILES string of the molecule is CC(OC[C@@]1(c2ccccc2)CC[C@](CN)(n2cn[nH]c2=O)CN1)c1cc(C(F)(F)F)cc(C(F)(F)F)c1. The molecule has 0 radical (unpaired) electrons. The van der Waals surface area contributed by atoms with Crippen LogP contribution in [0.4, 0.5) is 26.3 Å². The zero-order valence-electron chi connectivity index (χ0n) is 20.4. The molecule has 7 nitrogen and oxygen atoms in total. The van der Waals surface area contributed by atoms with Gasteiger partial charge in [-0.3, -0.25) is 4.57 Å². The van der Waals surface area contributed by atoms with Crippen molar-refractivity contribution in [3.63, 3.8) is 0 Å². The summed E-state index contributed by atoms with van der Waals surface area (Å²) in [5.41, 5.74) is 1.81. The molecular weight excluding hydrogens is 516 g/mol. The van der Waals surface area contributed by atoms with Crippen LogP contribution in [-0.2, 0) is 28.2 Å². The number of nitrogens with one attached hydrogen (secondary N) is 2. The number of nitrogens with two attached hydrogens (primary N) is 1. The van der Waals surface area contributed by atoms with E-state index < -0.39 is 46.4 Å². The zero-order chi connectivity index (χ0) is 27.8. The fourth-order valence-corrected chi connectivity index (χ4v) is 4.81. The van der Waals surface area contributed by atoms with Crippen LogP contribution in [0.15, 0.2) is 59.7 Å². The van der Waals surface area contributed by atoms with Crippen LogP contribution >= 0.6 is 0 Å². The molecule has 0 amide bonds. The molecule has 0 aliphatic carbocycles. The van der Waals surface area contributed by atoms with Gasteiger partial charge in [0.1, 0.15) is 6.33 Å². The van der Waals surface area contributed by atoms with Gasteiger partial charge >= 0.3 is 18.0 Å². The maximum atomic E-state index is 13.4. The van der Waals surface area contributed by atoms with Gasteiger partial charge in [-0.15, -0.1) is 0 Å². The molecule has 0 spiro atoms. The summed E-state index contributed by atoms with van der Waals surface area (Å²) in [6.45, 7) is 1.73. The lowest BCUT2D eigenvalue weighted by Crippen LogP contribution is -2.62. The highest BCUT2D eigenvalue weighted by molar-refractivity contribution is 5.35. The number of hydrogen-bond donors (Lipinski definition) is 3. The predicted molar refractivity (Wildman–Crippen MR) is 126 cm³/mol. The molecule has 1 unspecified atom stereocenters. The van der Waals surface area contributed by atoms with E-state index in [1.807, 2.05) is 30.3 Å². The third kappa shape index (κ3) is 5.49. The molecule has 4 N–H and O–H groups in total. The van der Waals surface area contributed by atoms with Gasteiger partial charge in [-0.2, -0.15) is 31.4 Å². The maximum Gasteiger partial charge on any atom is 0.416 e. The third-order valence-electron chi connectivity index (χ3n) is 7.20. The fourth-order valence-electron chi connectivity index (χ4n) is 4.81. The van der Waals surface area contributed by atoms with Crippen molar-refractivity contribution in [3.05, 3.63) is 87.6 Å². The topological polar surface area (TPSA) is 98.0 Å². The van der Waals surface area contributed by atoms with Crippen LogP contribution in [0.25, 0.3) is 0 Å². The van der Waals surface area contributed by atoms with Crippen molar-refractivity contribution in [2.24, 2.45) is 5.73 Å². The molecule has 38 heavy (non-hydrogen) atoms. The second-order valence-corrected chi connectivity index (χ2v) is 9.55. The minimum Gasteiger partial charge on any atom is -0.372 e. The largest absolute Gasteiger partial charge is 0.416 e. The lowest BCUT2D eigenvalue weighted by molar-refractivity contribution is -0.143. The van der Waals surface area contributed by atoms with Gasteiger partial charge in [-0.25, -0.2) is 9.89 Å². The van der Waals surface area contributed by atoms with Crippen molar-refractivity contribution in [2.75, 3.05) is 19.7 Å². The molecule has 206 valence electrons. The van der Waals surface area contributed by atoms with Crippen LogP contribution < -0.4 is 16.7 Å². The number of piperidine rings is 1. The zero-order valence-corrected chi connectivity index (χ0v) is 20.4. The van der Waals surface area contributed by atoms with E-state index in [-0.39, 0.29) is 31.3 Å². The Bertz CT molecular complexity index is 1260. The lowest BCUT2D eigenvalue weighted by Gasteiger charge is -2.47. The first kappa shape index (κ1) is 27.9. The smallest absolute Gasteiger partial charge is 0.372 e. The van der Waals surface area contributed by atoms with Crippen LogP contribution in [0.2, 0.25) is 0 Å². The monoisotopic (exact) mass is 543 g/mol. The molecule has 3 aromatic rings. The Labute approximate surface area is 214 Å². The van der Waals surface area contributed by atoms with Crippen molar-refractivity contribution in [1.29, 1.82) is 0 Å². The van der Waals surface area contributed by atoms with E-state index >= 15 is 0 Å². The van der Waals surface area contributed by atoms with Crippen LogP contribution in [0.5, 0.6) is 0 Å². The number of alkyl halides is 6. The second-order valence-electron chi connectivity index (χ2n) is 9.55. The van der Waals surface area contributed by atoms with Crippen molar-refractivity contribution < 1.29 is 31.1 Å². The van der Waals surface area contributed by atoms with E-state index in [9.17, 15) is 31.1 Å². The third-order valence-corrected chi connectivity index (χ3v) is 7.20. The summed E-state index contributed by atoms with van der Waals surface area (Å²) in [6.07, 6.45) is -8.78. The highest BCUT2D eigenvalue weighted by atomic mass is 19.4. The van der Waals surface area contributed by atoms with Gasteiger partial charge < -0.3 is 15.8 Å². The Balaban J connectivity index is 1.62. The molecular formula is C25H27F6N5O2. The second kappa shape index (κ2) is 10.2. The molecule has 3 atom stereocenters. The van der Waals surface area contributed by atoms with Crippen molar-refractivity contribution >= 4 is 0 Å². The molecule has 13 heteroatoms. The number of ether oxygens (including phenoxy) is 1. The molecule has 1 aromatic heterocycles. The summed E-state index contributed by atoms with van der Waals surface area (Å²) in [5.74, 6) is 0. The Hall–Kier alpha value is -3.16. The van der Waals surface area contributed by atoms with Crippen LogP contribution in [0.3, 0.4) is 0 Å². The van der Waals surface area contributed by atoms with Gasteiger partial charge in [-0.05, 0) is 49.1 Å². The minimum atomic E-state index is -4.96. The number of H-pyrrole nitrogens is 1. The van der Waals surface area contributed by atoms with Gasteiger partial charge in [0.2, 0.25) is 0 Å². The summed E-state index contributed by atoms with van der Waals surface area (Å²) < 4.78 is 87.5. The number of benzene rings is 2. The number of halogens is 6. The Morgan fingerprint density at radius 3 is 2.16 bits per heavy atom. The predicted octanol–water partition coefficient (Wildman–Crippen LogP) is 4.32. The fraction of sp³-hybridized carbons (Fsp3) is 0.440. The van der Waals surface area contributed by atoms with E-state index in [2.05, 4.69) is 15.5 Å². The molecule has 2 heterocycles.